The van der Waals surface area contributed by atoms with Gasteiger partial charge in [0.1, 0.15) is 0 Å². The first-order valence-electron chi connectivity index (χ1n) is 3.86. The fraction of sp³-hybridized carbons (Fsp3) is 0.444. The molecule has 0 atom stereocenters. The standard InChI is InChI=1S/C9H13NO/c1-8(2)7-9-3-5-10(11)6-4-9/h3-6,8H,7H2,1-2H3. The Morgan fingerprint density at radius 1 is 1.36 bits per heavy atom. The van der Waals surface area contributed by atoms with Crippen LogP contribution in [0.2, 0.25) is 0 Å². The summed E-state index contributed by atoms with van der Waals surface area (Å²) in [4.78, 5) is 0. The molecule has 1 aromatic heterocycles. The normalized spacial score (nSPS) is 10.5. The highest BCUT2D eigenvalue weighted by atomic mass is 16.5. The quantitative estimate of drug-likeness (QED) is 0.465. The molecule has 60 valence electrons. The minimum atomic E-state index is 0.650. The lowest BCUT2D eigenvalue weighted by Gasteiger charge is -2.03. The fourth-order valence-electron chi connectivity index (χ4n) is 1.05. The average Bonchev–Trinajstić information content (AvgIpc) is 1.93. The van der Waals surface area contributed by atoms with Gasteiger partial charge in [-0.2, -0.15) is 4.73 Å². The first-order chi connectivity index (χ1) is 5.18. The van der Waals surface area contributed by atoms with E-state index in [4.69, 9.17) is 0 Å². The Morgan fingerprint density at radius 3 is 2.36 bits per heavy atom. The van der Waals surface area contributed by atoms with Crippen LogP contribution in [-0.2, 0) is 6.42 Å². The third-order valence-electron chi connectivity index (χ3n) is 1.52. The molecule has 0 aromatic carbocycles. The predicted molar refractivity (Wildman–Crippen MR) is 43.9 cm³/mol. The van der Waals surface area contributed by atoms with E-state index < -0.39 is 0 Å². The van der Waals surface area contributed by atoms with Gasteiger partial charge in [-0.25, -0.2) is 0 Å². The largest absolute Gasteiger partial charge is 0.619 e. The van der Waals surface area contributed by atoms with E-state index in [1.54, 1.807) is 0 Å². The van der Waals surface area contributed by atoms with Crippen LogP contribution in [0.15, 0.2) is 24.5 Å². The van der Waals surface area contributed by atoms with Gasteiger partial charge in [0, 0.05) is 12.1 Å². The zero-order chi connectivity index (χ0) is 8.27. The third-order valence-corrected chi connectivity index (χ3v) is 1.52. The van der Waals surface area contributed by atoms with Gasteiger partial charge in [-0.1, -0.05) is 13.8 Å². The number of hydrogen-bond acceptors (Lipinski definition) is 1. The molecule has 1 heterocycles. The van der Waals surface area contributed by atoms with Gasteiger partial charge >= 0.3 is 0 Å². The molecule has 0 unspecified atom stereocenters. The van der Waals surface area contributed by atoms with E-state index in [9.17, 15) is 5.21 Å². The van der Waals surface area contributed by atoms with E-state index in [0.29, 0.717) is 5.92 Å². The SMILES string of the molecule is CC(C)Cc1cc[n+]([O-])cc1. The Balaban J connectivity index is 2.66. The van der Waals surface area contributed by atoms with Crippen molar-refractivity contribution in [1.82, 2.24) is 0 Å². The minimum Gasteiger partial charge on any atom is -0.619 e. The molecule has 0 spiro atoms. The van der Waals surface area contributed by atoms with Gasteiger partial charge in [-0.15, -0.1) is 0 Å². The smallest absolute Gasteiger partial charge is 0.180 e. The highest BCUT2D eigenvalue weighted by Crippen LogP contribution is 2.04. The molecule has 0 bridgehead atoms. The predicted octanol–water partition coefficient (Wildman–Crippen LogP) is 1.52. The minimum absolute atomic E-state index is 0.650. The summed E-state index contributed by atoms with van der Waals surface area (Å²) in [5, 5.41) is 10.6. The molecule has 1 aromatic rings. The summed E-state index contributed by atoms with van der Waals surface area (Å²) in [6.45, 7) is 4.33. The van der Waals surface area contributed by atoms with Crippen molar-refractivity contribution in [2.75, 3.05) is 0 Å². The monoisotopic (exact) mass is 151 g/mol. The Hall–Kier alpha value is -1.05. The molecule has 0 aliphatic heterocycles. The van der Waals surface area contributed by atoms with Crippen molar-refractivity contribution in [3.63, 3.8) is 0 Å². The van der Waals surface area contributed by atoms with Crippen LogP contribution in [0.1, 0.15) is 19.4 Å². The van der Waals surface area contributed by atoms with Gasteiger partial charge in [0.05, 0.1) is 0 Å². The van der Waals surface area contributed by atoms with Crippen LogP contribution < -0.4 is 4.73 Å². The summed E-state index contributed by atoms with van der Waals surface area (Å²) >= 11 is 0. The van der Waals surface area contributed by atoms with Crippen molar-refractivity contribution in [2.45, 2.75) is 20.3 Å². The second-order valence-corrected chi connectivity index (χ2v) is 3.16. The van der Waals surface area contributed by atoms with Crippen molar-refractivity contribution in [1.29, 1.82) is 0 Å². The number of hydrogen-bond donors (Lipinski definition) is 0. The van der Waals surface area contributed by atoms with Crippen molar-refractivity contribution in [3.8, 4) is 0 Å². The molecule has 2 nitrogen and oxygen atoms in total. The van der Waals surface area contributed by atoms with Crippen LogP contribution in [0.5, 0.6) is 0 Å². The Bertz CT molecular complexity index is 216. The van der Waals surface area contributed by atoms with Gasteiger partial charge in [0.25, 0.3) is 0 Å². The lowest BCUT2D eigenvalue weighted by atomic mass is 10.0. The zero-order valence-corrected chi connectivity index (χ0v) is 6.95. The van der Waals surface area contributed by atoms with Crippen molar-refractivity contribution >= 4 is 0 Å². The van der Waals surface area contributed by atoms with Crippen molar-refractivity contribution in [2.24, 2.45) is 5.92 Å². The van der Waals surface area contributed by atoms with E-state index in [0.717, 1.165) is 11.2 Å². The Morgan fingerprint density at radius 2 is 1.91 bits per heavy atom. The van der Waals surface area contributed by atoms with Crippen LogP contribution in [0, 0.1) is 11.1 Å². The van der Waals surface area contributed by atoms with E-state index >= 15 is 0 Å². The topological polar surface area (TPSA) is 26.9 Å². The zero-order valence-electron chi connectivity index (χ0n) is 6.95. The summed E-state index contributed by atoms with van der Waals surface area (Å²) in [7, 11) is 0. The van der Waals surface area contributed by atoms with Crippen LogP contribution >= 0.6 is 0 Å². The maximum atomic E-state index is 10.6. The maximum Gasteiger partial charge on any atom is 0.180 e. The molecule has 0 N–H and O–H groups in total. The summed E-state index contributed by atoms with van der Waals surface area (Å²) < 4.78 is 0.809. The highest BCUT2D eigenvalue weighted by Gasteiger charge is 1.97. The summed E-state index contributed by atoms with van der Waals surface area (Å²) in [6.07, 6.45) is 4.12. The molecule has 0 saturated heterocycles. The summed E-state index contributed by atoms with van der Waals surface area (Å²) in [5.41, 5.74) is 1.23. The molecule has 0 amide bonds. The molecular formula is C9H13NO. The van der Waals surface area contributed by atoms with E-state index in [1.807, 2.05) is 12.1 Å². The number of rotatable bonds is 2. The molecule has 0 saturated carbocycles. The molecule has 0 radical (unpaired) electrons. The second kappa shape index (κ2) is 3.37. The third kappa shape index (κ3) is 2.58. The first kappa shape index (κ1) is 8.05. The van der Waals surface area contributed by atoms with E-state index in [2.05, 4.69) is 13.8 Å². The first-order valence-corrected chi connectivity index (χ1v) is 3.86. The maximum absolute atomic E-state index is 10.6. The second-order valence-electron chi connectivity index (χ2n) is 3.16. The summed E-state index contributed by atoms with van der Waals surface area (Å²) in [5.74, 6) is 0.650. The molecular weight excluding hydrogens is 138 g/mol. The van der Waals surface area contributed by atoms with Crippen LogP contribution in [0.4, 0.5) is 0 Å². The Labute approximate surface area is 67.1 Å². The molecule has 0 aliphatic rings. The van der Waals surface area contributed by atoms with Gasteiger partial charge in [0.2, 0.25) is 0 Å². The molecule has 2 heteroatoms. The fourth-order valence-corrected chi connectivity index (χ4v) is 1.05. The molecule has 1 rings (SSSR count). The average molecular weight is 151 g/mol. The van der Waals surface area contributed by atoms with Gasteiger partial charge in [-0.3, -0.25) is 0 Å². The van der Waals surface area contributed by atoms with Crippen LogP contribution in [0.25, 0.3) is 0 Å². The molecule has 0 fully saturated rings. The summed E-state index contributed by atoms with van der Waals surface area (Å²) in [6, 6.07) is 3.74. The lowest BCUT2D eigenvalue weighted by Crippen LogP contribution is -2.23. The van der Waals surface area contributed by atoms with Gasteiger partial charge in [-0.05, 0) is 17.9 Å². The number of pyridine rings is 1. The lowest BCUT2D eigenvalue weighted by molar-refractivity contribution is -0.605. The van der Waals surface area contributed by atoms with E-state index in [1.165, 1.54) is 18.0 Å². The highest BCUT2D eigenvalue weighted by molar-refractivity contribution is 5.07. The van der Waals surface area contributed by atoms with Gasteiger partial charge < -0.3 is 5.21 Å². The van der Waals surface area contributed by atoms with Crippen molar-refractivity contribution < 1.29 is 4.73 Å². The van der Waals surface area contributed by atoms with E-state index in [-0.39, 0.29) is 0 Å². The van der Waals surface area contributed by atoms with Crippen LogP contribution in [0.3, 0.4) is 0 Å². The number of aromatic nitrogens is 1. The van der Waals surface area contributed by atoms with Gasteiger partial charge in [0.15, 0.2) is 12.4 Å². The van der Waals surface area contributed by atoms with Crippen LogP contribution in [-0.4, -0.2) is 0 Å². The Kier molecular flexibility index (Phi) is 2.47. The van der Waals surface area contributed by atoms with Crippen molar-refractivity contribution in [3.05, 3.63) is 35.3 Å². The number of nitrogens with zero attached hydrogens (tertiary/aromatic N) is 1. The molecule has 0 aliphatic carbocycles. The molecule has 11 heavy (non-hydrogen) atoms.